The van der Waals surface area contributed by atoms with Crippen molar-refractivity contribution in [3.8, 4) is 34.3 Å². The Morgan fingerprint density at radius 1 is 1.20 bits per heavy atom. The van der Waals surface area contributed by atoms with Gasteiger partial charge in [0.1, 0.15) is 11.5 Å². The second-order valence-corrected chi connectivity index (χ2v) is 7.66. The fourth-order valence-electron chi connectivity index (χ4n) is 3.87. The highest BCUT2D eigenvalue weighted by molar-refractivity contribution is 7.07. The van der Waals surface area contributed by atoms with Crippen LogP contribution in [0.1, 0.15) is 22.8 Å². The van der Waals surface area contributed by atoms with E-state index in [9.17, 15) is 9.18 Å². The molecule has 5 rings (SSSR count). The largest absolute Gasteiger partial charge is 0.493 e. The molecule has 0 saturated heterocycles. The minimum atomic E-state index is -0.366. The standard InChI is InChI=1S/C21H17FN2O5S/c1-26-14-7-12(18(27-2)20-19(14)28-9-29-20)13-8-15(25)23-17-16(24-30-21(13)17)10-4-3-5-11(22)6-10/h3-7,13H,8-9H2,1-2H3,(H,23,25)/t13-/m0/s1. The number of ether oxygens (including phenoxy) is 4. The third-order valence-electron chi connectivity index (χ3n) is 5.18. The van der Waals surface area contributed by atoms with Crippen molar-refractivity contribution in [2.45, 2.75) is 12.3 Å². The molecule has 3 aromatic rings. The maximum absolute atomic E-state index is 13.8. The highest BCUT2D eigenvalue weighted by Crippen LogP contribution is 2.55. The number of amides is 1. The molecule has 7 nitrogen and oxygen atoms in total. The van der Waals surface area contributed by atoms with Crippen LogP contribution in [0.15, 0.2) is 30.3 Å². The van der Waals surface area contributed by atoms with Crippen molar-refractivity contribution in [1.82, 2.24) is 4.37 Å². The lowest BCUT2D eigenvalue weighted by Crippen LogP contribution is -2.23. The molecule has 1 aromatic heterocycles. The molecule has 1 N–H and O–H groups in total. The highest BCUT2D eigenvalue weighted by atomic mass is 32.1. The molecule has 0 saturated carbocycles. The third kappa shape index (κ3) is 2.85. The predicted octanol–water partition coefficient (Wildman–Crippen LogP) is 4.17. The van der Waals surface area contributed by atoms with Gasteiger partial charge in [-0.15, -0.1) is 0 Å². The summed E-state index contributed by atoms with van der Waals surface area (Å²) in [6, 6.07) is 7.95. The number of benzene rings is 2. The normalized spacial score (nSPS) is 16.8. The Morgan fingerprint density at radius 2 is 2.03 bits per heavy atom. The van der Waals surface area contributed by atoms with Crippen molar-refractivity contribution in [2.75, 3.05) is 26.3 Å². The Hall–Kier alpha value is -3.33. The van der Waals surface area contributed by atoms with Gasteiger partial charge in [-0.25, -0.2) is 4.39 Å². The van der Waals surface area contributed by atoms with Crippen molar-refractivity contribution in [1.29, 1.82) is 0 Å². The first kappa shape index (κ1) is 18.7. The van der Waals surface area contributed by atoms with Crippen LogP contribution in [0.4, 0.5) is 10.1 Å². The molecule has 2 aromatic carbocycles. The zero-order chi connectivity index (χ0) is 20.8. The summed E-state index contributed by atoms with van der Waals surface area (Å²) in [6.07, 6.45) is 0.205. The Bertz CT molecular complexity index is 1160. The van der Waals surface area contributed by atoms with E-state index in [4.69, 9.17) is 18.9 Å². The van der Waals surface area contributed by atoms with Gasteiger partial charge in [0.25, 0.3) is 0 Å². The predicted molar refractivity (Wildman–Crippen MR) is 108 cm³/mol. The Kier molecular flexibility index (Phi) is 4.47. The first-order chi connectivity index (χ1) is 14.6. The quantitative estimate of drug-likeness (QED) is 0.672. The van der Waals surface area contributed by atoms with Crippen molar-refractivity contribution >= 4 is 23.1 Å². The number of aromatic nitrogens is 1. The average molecular weight is 428 g/mol. The van der Waals surface area contributed by atoms with E-state index in [1.165, 1.54) is 23.7 Å². The molecule has 2 aliphatic rings. The minimum Gasteiger partial charge on any atom is -0.493 e. The highest BCUT2D eigenvalue weighted by Gasteiger charge is 2.37. The Balaban J connectivity index is 1.68. The van der Waals surface area contributed by atoms with Crippen LogP contribution in [0.2, 0.25) is 0 Å². The van der Waals surface area contributed by atoms with Gasteiger partial charge in [-0.05, 0) is 29.7 Å². The first-order valence-corrected chi connectivity index (χ1v) is 9.98. The van der Waals surface area contributed by atoms with Crippen LogP contribution in [0, 0.1) is 5.82 Å². The van der Waals surface area contributed by atoms with Gasteiger partial charge in [0.2, 0.25) is 24.2 Å². The zero-order valence-corrected chi connectivity index (χ0v) is 17.0. The molecule has 3 heterocycles. The number of nitrogens with zero attached hydrogens (tertiary/aromatic N) is 1. The molecule has 2 aliphatic heterocycles. The van der Waals surface area contributed by atoms with Crippen LogP contribution in [0.3, 0.4) is 0 Å². The summed E-state index contributed by atoms with van der Waals surface area (Å²) in [6.45, 7) is 0.0617. The van der Waals surface area contributed by atoms with E-state index in [2.05, 4.69) is 9.69 Å². The van der Waals surface area contributed by atoms with Crippen LogP contribution in [0.5, 0.6) is 23.0 Å². The molecular weight excluding hydrogens is 411 g/mol. The van der Waals surface area contributed by atoms with Crippen LogP contribution in [-0.2, 0) is 4.79 Å². The number of hydrogen-bond donors (Lipinski definition) is 1. The number of rotatable bonds is 4. The topological polar surface area (TPSA) is 78.9 Å². The molecule has 0 spiro atoms. The number of carbonyl (C=O) groups is 1. The van der Waals surface area contributed by atoms with Crippen LogP contribution < -0.4 is 24.3 Å². The second kappa shape index (κ2) is 7.17. The lowest BCUT2D eigenvalue weighted by Gasteiger charge is -2.25. The van der Waals surface area contributed by atoms with Gasteiger partial charge in [-0.2, -0.15) is 4.37 Å². The van der Waals surface area contributed by atoms with Gasteiger partial charge in [0, 0.05) is 23.5 Å². The molecule has 30 heavy (non-hydrogen) atoms. The summed E-state index contributed by atoms with van der Waals surface area (Å²) in [4.78, 5) is 13.5. The number of anilines is 1. The van der Waals surface area contributed by atoms with E-state index in [0.717, 1.165) is 10.4 Å². The molecule has 154 valence electrons. The first-order valence-electron chi connectivity index (χ1n) is 9.20. The lowest BCUT2D eigenvalue weighted by molar-refractivity contribution is -0.116. The van der Waals surface area contributed by atoms with E-state index < -0.39 is 0 Å². The minimum absolute atomic E-state index is 0.0617. The average Bonchev–Trinajstić information content (AvgIpc) is 3.39. The Morgan fingerprint density at radius 3 is 2.80 bits per heavy atom. The fraction of sp³-hybridized carbons (Fsp3) is 0.238. The van der Waals surface area contributed by atoms with E-state index in [-0.39, 0.29) is 30.9 Å². The molecule has 9 heteroatoms. The number of methoxy groups -OCH3 is 2. The number of nitrogens with one attached hydrogen (secondary N) is 1. The molecule has 0 fully saturated rings. The maximum Gasteiger partial charge on any atom is 0.231 e. The molecule has 1 atom stereocenters. The van der Waals surface area contributed by atoms with Crippen molar-refractivity contribution < 1.29 is 28.1 Å². The van der Waals surface area contributed by atoms with Gasteiger partial charge in [0.05, 0.1) is 24.8 Å². The summed E-state index contributed by atoms with van der Waals surface area (Å²) < 4.78 is 40.5. The van der Waals surface area contributed by atoms with Crippen molar-refractivity contribution in [3.05, 3.63) is 46.6 Å². The van der Waals surface area contributed by atoms with Crippen LogP contribution in [-0.4, -0.2) is 31.3 Å². The summed E-state index contributed by atoms with van der Waals surface area (Å²) in [5.74, 6) is 1.07. The number of hydrogen-bond acceptors (Lipinski definition) is 7. The van der Waals surface area contributed by atoms with Gasteiger partial charge in [-0.1, -0.05) is 12.1 Å². The molecule has 0 bridgehead atoms. The summed E-state index contributed by atoms with van der Waals surface area (Å²) in [5, 5.41) is 2.90. The number of carbonyl (C=O) groups excluding carboxylic acids is 1. The summed E-state index contributed by atoms with van der Waals surface area (Å²) >= 11 is 1.27. The number of halogens is 1. The number of fused-ring (bicyclic) bond motifs is 2. The van der Waals surface area contributed by atoms with Gasteiger partial charge < -0.3 is 24.3 Å². The van der Waals surface area contributed by atoms with Crippen LogP contribution >= 0.6 is 11.5 Å². The van der Waals surface area contributed by atoms with Crippen LogP contribution in [0.25, 0.3) is 11.3 Å². The molecule has 0 unspecified atom stereocenters. The maximum atomic E-state index is 13.8. The van der Waals surface area contributed by atoms with Crippen molar-refractivity contribution in [3.63, 3.8) is 0 Å². The SMILES string of the molecule is COc1cc([C@@H]2CC(=O)Nc3c(-c4cccc(F)c4)nsc32)c(OC)c2c1OCO2. The molecule has 0 aliphatic carbocycles. The lowest BCUT2D eigenvalue weighted by atomic mass is 9.88. The van der Waals surface area contributed by atoms with Gasteiger partial charge in [-0.3, -0.25) is 4.79 Å². The van der Waals surface area contributed by atoms with Crippen molar-refractivity contribution in [2.24, 2.45) is 0 Å². The smallest absolute Gasteiger partial charge is 0.231 e. The summed E-state index contributed by atoms with van der Waals surface area (Å²) in [7, 11) is 3.09. The third-order valence-corrected chi connectivity index (χ3v) is 6.14. The zero-order valence-electron chi connectivity index (χ0n) is 16.2. The fourth-order valence-corrected chi connectivity index (χ4v) is 4.83. The van der Waals surface area contributed by atoms with Gasteiger partial charge in [0.15, 0.2) is 11.5 Å². The second-order valence-electron chi connectivity index (χ2n) is 6.85. The van der Waals surface area contributed by atoms with E-state index >= 15 is 0 Å². The monoisotopic (exact) mass is 428 g/mol. The van der Waals surface area contributed by atoms with Gasteiger partial charge >= 0.3 is 0 Å². The Labute approximate surface area is 175 Å². The van der Waals surface area contributed by atoms with E-state index in [1.807, 2.05) is 0 Å². The molecule has 0 radical (unpaired) electrons. The van der Waals surface area contributed by atoms with E-state index in [1.54, 1.807) is 32.4 Å². The molecule has 1 amide bonds. The van der Waals surface area contributed by atoms with E-state index in [0.29, 0.717) is 39.9 Å². The molecular formula is C21H17FN2O5S. The summed E-state index contributed by atoms with van der Waals surface area (Å²) in [5.41, 5.74) is 2.47.